The van der Waals surface area contributed by atoms with Gasteiger partial charge in [-0.3, -0.25) is 4.79 Å². The highest BCUT2D eigenvalue weighted by molar-refractivity contribution is 5.78. The van der Waals surface area contributed by atoms with Crippen molar-refractivity contribution in [3.63, 3.8) is 0 Å². The lowest BCUT2D eigenvalue weighted by Gasteiger charge is -2.13. The molecule has 1 aliphatic carbocycles. The van der Waals surface area contributed by atoms with Crippen LogP contribution in [-0.2, 0) is 4.79 Å². The molecular weight excluding hydrogens is 178 g/mol. The highest BCUT2D eigenvalue weighted by Crippen LogP contribution is 2.17. The molecule has 1 unspecified atom stereocenters. The van der Waals surface area contributed by atoms with Crippen molar-refractivity contribution in [3.8, 4) is 6.07 Å². The Morgan fingerprint density at radius 2 is 2.36 bits per heavy atom. The second-order valence-corrected chi connectivity index (χ2v) is 3.69. The Kier molecular flexibility index (Phi) is 4.41. The fraction of sp³-hybridized carbons (Fsp3) is 0.800. The number of hydrogen-bond donors (Lipinski definition) is 2. The predicted molar refractivity (Wildman–Crippen MR) is 53.5 cm³/mol. The average molecular weight is 195 g/mol. The lowest BCUT2D eigenvalue weighted by atomic mass is 10.2. The fourth-order valence-corrected chi connectivity index (χ4v) is 1.21. The molecule has 0 heterocycles. The van der Waals surface area contributed by atoms with Crippen molar-refractivity contribution in [2.75, 3.05) is 6.54 Å². The van der Waals surface area contributed by atoms with Crippen molar-refractivity contribution in [1.29, 1.82) is 5.26 Å². The van der Waals surface area contributed by atoms with Crippen molar-refractivity contribution in [1.82, 2.24) is 10.6 Å². The van der Waals surface area contributed by atoms with Gasteiger partial charge in [-0.2, -0.15) is 5.26 Å². The van der Waals surface area contributed by atoms with E-state index in [-0.39, 0.29) is 11.9 Å². The Morgan fingerprint density at radius 3 is 2.86 bits per heavy atom. The lowest BCUT2D eigenvalue weighted by molar-refractivity contribution is -0.120. The molecule has 0 radical (unpaired) electrons. The second-order valence-electron chi connectivity index (χ2n) is 3.69. The summed E-state index contributed by atoms with van der Waals surface area (Å²) in [6, 6.07) is 2.63. The Bertz CT molecular complexity index is 230. The maximum absolute atomic E-state index is 11.3. The van der Waals surface area contributed by atoms with Gasteiger partial charge in [0.25, 0.3) is 0 Å². The van der Waals surface area contributed by atoms with Crippen LogP contribution >= 0.6 is 0 Å². The molecule has 0 aromatic carbocycles. The first kappa shape index (κ1) is 11.0. The zero-order valence-electron chi connectivity index (χ0n) is 8.55. The van der Waals surface area contributed by atoms with E-state index in [1.54, 1.807) is 0 Å². The van der Waals surface area contributed by atoms with Crippen molar-refractivity contribution < 1.29 is 4.79 Å². The van der Waals surface area contributed by atoms with Crippen LogP contribution in [-0.4, -0.2) is 24.5 Å². The number of nitrogens with one attached hydrogen (secondary N) is 2. The van der Waals surface area contributed by atoms with Crippen molar-refractivity contribution >= 4 is 5.91 Å². The van der Waals surface area contributed by atoms with Crippen LogP contribution < -0.4 is 10.6 Å². The summed E-state index contributed by atoms with van der Waals surface area (Å²) in [5.74, 6) is -0.000926. The molecule has 4 nitrogen and oxygen atoms in total. The molecule has 1 atom stereocenters. The van der Waals surface area contributed by atoms with Crippen LogP contribution in [0.1, 0.15) is 32.6 Å². The van der Waals surface area contributed by atoms with Gasteiger partial charge in [-0.1, -0.05) is 6.92 Å². The van der Waals surface area contributed by atoms with Crippen LogP contribution in [0.2, 0.25) is 0 Å². The molecule has 0 bridgehead atoms. The molecule has 0 aromatic heterocycles. The molecule has 0 aromatic rings. The van der Waals surface area contributed by atoms with E-state index in [0.717, 1.165) is 6.42 Å². The van der Waals surface area contributed by atoms with Crippen molar-refractivity contribution in [2.24, 2.45) is 0 Å². The van der Waals surface area contributed by atoms with E-state index < -0.39 is 0 Å². The summed E-state index contributed by atoms with van der Waals surface area (Å²) in [5, 5.41) is 14.5. The van der Waals surface area contributed by atoms with Crippen LogP contribution in [0.25, 0.3) is 0 Å². The van der Waals surface area contributed by atoms with Gasteiger partial charge in [-0.15, -0.1) is 0 Å². The molecule has 2 N–H and O–H groups in total. The van der Waals surface area contributed by atoms with Crippen LogP contribution in [0, 0.1) is 11.3 Å². The molecule has 1 saturated carbocycles. The number of nitrogens with zero attached hydrogens (tertiary/aromatic N) is 1. The quantitative estimate of drug-likeness (QED) is 0.650. The van der Waals surface area contributed by atoms with E-state index in [2.05, 4.69) is 16.7 Å². The normalized spacial score (nSPS) is 17.1. The summed E-state index contributed by atoms with van der Waals surface area (Å²) < 4.78 is 0. The number of nitriles is 1. The number of carbonyl (C=O) groups is 1. The van der Waals surface area contributed by atoms with Gasteiger partial charge < -0.3 is 10.6 Å². The first-order valence-corrected chi connectivity index (χ1v) is 5.16. The molecular formula is C10H17N3O. The molecule has 0 aliphatic heterocycles. The third-order valence-electron chi connectivity index (χ3n) is 2.32. The van der Waals surface area contributed by atoms with E-state index >= 15 is 0 Å². The number of carbonyl (C=O) groups excluding carboxylic acids is 1. The van der Waals surface area contributed by atoms with Crippen LogP contribution in [0.4, 0.5) is 0 Å². The molecule has 4 heteroatoms. The topological polar surface area (TPSA) is 64.9 Å². The molecule has 1 aliphatic rings. The molecule has 1 rings (SSSR count). The predicted octanol–water partition coefficient (Wildman–Crippen LogP) is 0.547. The number of rotatable bonds is 6. The Morgan fingerprint density at radius 1 is 1.64 bits per heavy atom. The first-order chi connectivity index (χ1) is 6.76. The van der Waals surface area contributed by atoms with E-state index in [1.165, 1.54) is 12.8 Å². The molecule has 1 fully saturated rings. The van der Waals surface area contributed by atoms with Crippen LogP contribution in [0.3, 0.4) is 0 Å². The van der Waals surface area contributed by atoms with Crippen molar-refractivity contribution in [2.45, 2.75) is 44.7 Å². The Hall–Kier alpha value is -1.08. The largest absolute Gasteiger partial charge is 0.351 e. The highest BCUT2D eigenvalue weighted by atomic mass is 16.1. The zero-order chi connectivity index (χ0) is 10.4. The number of hydrogen-bond acceptors (Lipinski definition) is 3. The molecule has 1 amide bonds. The van der Waals surface area contributed by atoms with Gasteiger partial charge in [0.15, 0.2) is 0 Å². The van der Waals surface area contributed by atoms with Crippen molar-refractivity contribution in [3.05, 3.63) is 0 Å². The molecule has 14 heavy (non-hydrogen) atoms. The fourth-order valence-electron chi connectivity index (χ4n) is 1.21. The monoisotopic (exact) mass is 195 g/mol. The lowest BCUT2D eigenvalue weighted by Crippen LogP contribution is -2.40. The third kappa shape index (κ3) is 4.24. The smallest absolute Gasteiger partial charge is 0.234 e. The van der Waals surface area contributed by atoms with E-state index in [1.807, 2.05) is 6.92 Å². The minimum atomic E-state index is -0.000926. The zero-order valence-corrected chi connectivity index (χ0v) is 8.55. The summed E-state index contributed by atoms with van der Waals surface area (Å²) in [4.78, 5) is 11.3. The van der Waals surface area contributed by atoms with E-state index in [9.17, 15) is 4.79 Å². The second kappa shape index (κ2) is 5.61. The summed E-state index contributed by atoms with van der Waals surface area (Å²) in [6.45, 7) is 2.35. The Balaban J connectivity index is 2.12. The summed E-state index contributed by atoms with van der Waals surface area (Å²) in [6.07, 6.45) is 3.57. The summed E-state index contributed by atoms with van der Waals surface area (Å²) in [7, 11) is 0. The average Bonchev–Trinajstić information content (AvgIpc) is 2.97. The molecule has 0 saturated heterocycles. The van der Waals surface area contributed by atoms with Gasteiger partial charge in [-0.25, -0.2) is 0 Å². The van der Waals surface area contributed by atoms with Crippen LogP contribution in [0.15, 0.2) is 0 Å². The van der Waals surface area contributed by atoms with Gasteiger partial charge in [-0.05, 0) is 19.3 Å². The number of amides is 1. The van der Waals surface area contributed by atoms with Gasteiger partial charge in [0.05, 0.1) is 19.0 Å². The third-order valence-corrected chi connectivity index (χ3v) is 2.32. The maximum Gasteiger partial charge on any atom is 0.234 e. The van der Waals surface area contributed by atoms with Gasteiger partial charge in [0, 0.05) is 12.1 Å². The first-order valence-electron chi connectivity index (χ1n) is 5.16. The minimum Gasteiger partial charge on any atom is -0.351 e. The van der Waals surface area contributed by atoms with E-state index in [0.29, 0.717) is 19.0 Å². The highest BCUT2D eigenvalue weighted by Gasteiger charge is 2.21. The maximum atomic E-state index is 11.3. The minimum absolute atomic E-state index is 0.000926. The van der Waals surface area contributed by atoms with Gasteiger partial charge >= 0.3 is 0 Å². The molecule has 0 spiro atoms. The standard InChI is InChI=1S/C10H17N3O/c1-2-8(5-6-11)13-10(14)7-12-9-3-4-9/h8-9,12H,2-5,7H2,1H3,(H,13,14). The summed E-state index contributed by atoms with van der Waals surface area (Å²) >= 11 is 0. The Labute approximate surface area is 84.7 Å². The van der Waals surface area contributed by atoms with E-state index in [4.69, 9.17) is 5.26 Å². The molecule has 78 valence electrons. The van der Waals surface area contributed by atoms with Gasteiger partial charge in [0.1, 0.15) is 0 Å². The summed E-state index contributed by atoms with van der Waals surface area (Å²) in [5.41, 5.74) is 0. The SMILES string of the molecule is CCC(CC#N)NC(=O)CNC1CC1. The van der Waals surface area contributed by atoms with Crippen LogP contribution in [0.5, 0.6) is 0 Å². The van der Waals surface area contributed by atoms with Gasteiger partial charge in [0.2, 0.25) is 5.91 Å².